The first-order valence-corrected chi connectivity index (χ1v) is 6.33. The van der Waals surface area contributed by atoms with Crippen molar-refractivity contribution in [2.75, 3.05) is 5.75 Å². The van der Waals surface area contributed by atoms with Crippen molar-refractivity contribution < 1.29 is 34.8 Å². The number of hydrogen-bond donors (Lipinski definition) is 0. The van der Waals surface area contributed by atoms with E-state index in [1.165, 1.54) is 0 Å². The SMILES string of the molecule is N#CC(CCC(F)(F)F)S(=O)(=O)CCC(F)(F)F. The van der Waals surface area contributed by atoms with Crippen molar-refractivity contribution >= 4 is 9.84 Å². The molecule has 0 aromatic carbocycles. The predicted octanol–water partition coefficient (Wildman–Crippen LogP) is 2.59. The average molecular weight is 297 g/mol. The topological polar surface area (TPSA) is 57.9 Å². The van der Waals surface area contributed by atoms with Crippen molar-refractivity contribution in [3.05, 3.63) is 0 Å². The number of sulfone groups is 1. The van der Waals surface area contributed by atoms with Gasteiger partial charge in [-0.3, -0.25) is 0 Å². The third-order valence-corrected chi connectivity index (χ3v) is 3.92. The van der Waals surface area contributed by atoms with E-state index < -0.39 is 52.5 Å². The van der Waals surface area contributed by atoms with Gasteiger partial charge in [0.2, 0.25) is 0 Å². The summed E-state index contributed by atoms with van der Waals surface area (Å²) in [5.41, 5.74) is 0. The van der Waals surface area contributed by atoms with Gasteiger partial charge >= 0.3 is 12.4 Å². The maximum Gasteiger partial charge on any atom is 0.390 e. The van der Waals surface area contributed by atoms with Crippen LogP contribution in [0, 0.1) is 11.3 Å². The third kappa shape index (κ3) is 7.37. The zero-order chi connectivity index (χ0) is 14.6. The van der Waals surface area contributed by atoms with E-state index >= 15 is 0 Å². The van der Waals surface area contributed by atoms with Crippen LogP contribution in [0.1, 0.15) is 19.3 Å². The zero-order valence-electron chi connectivity index (χ0n) is 8.85. The highest BCUT2D eigenvalue weighted by molar-refractivity contribution is 7.92. The monoisotopic (exact) mass is 297 g/mol. The Morgan fingerprint density at radius 2 is 1.44 bits per heavy atom. The smallest absolute Gasteiger partial charge is 0.227 e. The average Bonchev–Trinajstić information content (AvgIpc) is 2.12. The predicted molar refractivity (Wildman–Crippen MR) is 49.1 cm³/mol. The summed E-state index contributed by atoms with van der Waals surface area (Å²) in [6.07, 6.45) is -13.7. The van der Waals surface area contributed by atoms with Crippen molar-refractivity contribution in [2.24, 2.45) is 0 Å². The molecule has 0 aliphatic rings. The minimum atomic E-state index is -4.74. The normalized spacial score (nSPS) is 15.2. The van der Waals surface area contributed by atoms with Crippen molar-refractivity contribution in [3.63, 3.8) is 0 Å². The van der Waals surface area contributed by atoms with Crippen LogP contribution in [-0.4, -0.2) is 31.8 Å². The second-order valence-corrected chi connectivity index (χ2v) is 5.81. The lowest BCUT2D eigenvalue weighted by atomic mass is 10.2. The summed E-state index contributed by atoms with van der Waals surface area (Å²) >= 11 is 0. The molecule has 0 saturated heterocycles. The van der Waals surface area contributed by atoms with Crippen molar-refractivity contribution in [3.8, 4) is 6.07 Å². The summed E-state index contributed by atoms with van der Waals surface area (Å²) in [5, 5.41) is 6.34. The van der Waals surface area contributed by atoms with Crippen LogP contribution >= 0.6 is 0 Å². The summed E-state index contributed by atoms with van der Waals surface area (Å²) in [5.74, 6) is -1.38. The number of rotatable bonds is 5. The van der Waals surface area contributed by atoms with E-state index in [1.54, 1.807) is 0 Å². The molecule has 0 heterocycles. The van der Waals surface area contributed by atoms with Crippen LogP contribution in [0.2, 0.25) is 0 Å². The van der Waals surface area contributed by atoms with E-state index in [-0.39, 0.29) is 0 Å². The van der Waals surface area contributed by atoms with Gasteiger partial charge in [0.05, 0.1) is 18.2 Å². The Hall–Kier alpha value is -0.980. The number of alkyl halides is 6. The highest BCUT2D eigenvalue weighted by Crippen LogP contribution is 2.26. The van der Waals surface area contributed by atoms with Gasteiger partial charge in [-0.05, 0) is 6.42 Å². The van der Waals surface area contributed by atoms with E-state index in [0.29, 0.717) is 0 Å². The van der Waals surface area contributed by atoms with Gasteiger partial charge in [0.1, 0.15) is 5.25 Å². The van der Waals surface area contributed by atoms with Crippen LogP contribution in [0.5, 0.6) is 0 Å². The molecule has 0 fully saturated rings. The van der Waals surface area contributed by atoms with Gasteiger partial charge in [0.15, 0.2) is 9.84 Å². The van der Waals surface area contributed by atoms with Gasteiger partial charge in [-0.1, -0.05) is 0 Å². The fraction of sp³-hybridized carbons (Fsp3) is 0.875. The van der Waals surface area contributed by atoms with Gasteiger partial charge in [-0.15, -0.1) is 0 Å². The maximum absolute atomic E-state index is 11.8. The first kappa shape index (κ1) is 17.0. The van der Waals surface area contributed by atoms with E-state index in [1.807, 2.05) is 0 Å². The standard InChI is InChI=1S/C8H9F6NO2S/c9-7(10,11)2-1-6(5-15)18(16,17)4-3-8(12,13)14/h6H,1-4H2. The minimum Gasteiger partial charge on any atom is -0.227 e. The minimum absolute atomic E-state index is 1.06. The van der Waals surface area contributed by atoms with Gasteiger partial charge < -0.3 is 0 Å². The summed E-state index contributed by atoms with van der Waals surface area (Å²) < 4.78 is 93.4. The molecule has 0 aromatic rings. The number of halogens is 6. The number of nitrogens with zero attached hydrogens (tertiary/aromatic N) is 1. The molecule has 0 aromatic heterocycles. The van der Waals surface area contributed by atoms with Crippen LogP contribution in [0.25, 0.3) is 0 Å². The molecular weight excluding hydrogens is 288 g/mol. The molecule has 3 nitrogen and oxygen atoms in total. The van der Waals surface area contributed by atoms with Crippen molar-refractivity contribution in [1.82, 2.24) is 0 Å². The summed E-state index contributed by atoms with van der Waals surface area (Å²) in [6.45, 7) is 0. The largest absolute Gasteiger partial charge is 0.390 e. The van der Waals surface area contributed by atoms with E-state index in [2.05, 4.69) is 0 Å². The lowest BCUT2D eigenvalue weighted by Gasteiger charge is -2.13. The molecule has 0 aliphatic heterocycles. The molecule has 106 valence electrons. The van der Waals surface area contributed by atoms with Gasteiger partial charge in [-0.25, -0.2) is 8.42 Å². The summed E-state index contributed by atoms with van der Waals surface area (Å²) in [6, 6.07) is 1.10. The van der Waals surface area contributed by atoms with Crippen molar-refractivity contribution in [2.45, 2.75) is 36.9 Å². The molecule has 0 saturated carbocycles. The number of hydrogen-bond acceptors (Lipinski definition) is 3. The Labute approximate surface area is 99.3 Å². The Balaban J connectivity index is 4.60. The van der Waals surface area contributed by atoms with Crippen molar-refractivity contribution in [1.29, 1.82) is 5.26 Å². The molecule has 10 heteroatoms. The van der Waals surface area contributed by atoms with Crippen LogP contribution in [0.4, 0.5) is 26.3 Å². The van der Waals surface area contributed by atoms with Crippen LogP contribution < -0.4 is 0 Å². The van der Waals surface area contributed by atoms with Crippen LogP contribution in [0.15, 0.2) is 0 Å². The first-order valence-electron chi connectivity index (χ1n) is 4.62. The summed E-state index contributed by atoms with van der Waals surface area (Å²) in [7, 11) is -4.51. The molecule has 1 atom stereocenters. The summed E-state index contributed by atoms with van der Waals surface area (Å²) in [4.78, 5) is 0. The molecule has 0 amide bonds. The highest BCUT2D eigenvalue weighted by Gasteiger charge is 2.36. The fourth-order valence-corrected chi connectivity index (χ4v) is 2.46. The molecule has 0 N–H and O–H groups in total. The van der Waals surface area contributed by atoms with Crippen LogP contribution in [0.3, 0.4) is 0 Å². The van der Waals surface area contributed by atoms with Gasteiger partial charge in [-0.2, -0.15) is 31.6 Å². The number of nitriles is 1. The highest BCUT2D eigenvalue weighted by atomic mass is 32.2. The van der Waals surface area contributed by atoms with Crippen LogP contribution in [-0.2, 0) is 9.84 Å². The Morgan fingerprint density at radius 3 is 1.78 bits per heavy atom. The zero-order valence-corrected chi connectivity index (χ0v) is 9.66. The van der Waals surface area contributed by atoms with E-state index in [0.717, 1.165) is 6.07 Å². The molecule has 0 spiro atoms. The van der Waals surface area contributed by atoms with E-state index in [4.69, 9.17) is 5.26 Å². The second-order valence-electron chi connectivity index (χ2n) is 3.50. The Kier molecular flexibility index (Phi) is 5.46. The second kappa shape index (κ2) is 5.77. The Bertz CT molecular complexity index is 405. The molecule has 0 aliphatic carbocycles. The van der Waals surface area contributed by atoms with Gasteiger partial charge in [0, 0.05) is 6.42 Å². The fourth-order valence-electron chi connectivity index (χ4n) is 1.02. The molecular formula is C8H9F6NO2S. The van der Waals surface area contributed by atoms with Gasteiger partial charge in [0.25, 0.3) is 0 Å². The molecule has 0 bridgehead atoms. The lowest BCUT2D eigenvalue weighted by Crippen LogP contribution is -2.27. The van der Waals surface area contributed by atoms with E-state index in [9.17, 15) is 34.8 Å². The quantitative estimate of drug-likeness (QED) is 0.733. The Morgan fingerprint density at radius 1 is 1.00 bits per heavy atom. The maximum atomic E-state index is 11.8. The molecule has 1 unspecified atom stereocenters. The molecule has 18 heavy (non-hydrogen) atoms. The lowest BCUT2D eigenvalue weighted by molar-refractivity contribution is -0.135. The molecule has 0 radical (unpaired) electrons. The third-order valence-electron chi connectivity index (χ3n) is 1.94. The first-order chi connectivity index (χ1) is 7.87. The molecule has 0 rings (SSSR count).